The van der Waals surface area contributed by atoms with Gasteiger partial charge >= 0.3 is 0 Å². The molecule has 10 aromatic rings. The Morgan fingerprint density at radius 3 is 1.59 bits per heavy atom. The quantitative estimate of drug-likeness (QED) is 0.145. The molecule has 0 radical (unpaired) electrons. The molecule has 0 fully saturated rings. The van der Waals surface area contributed by atoms with E-state index in [1.807, 2.05) is 6.20 Å². The van der Waals surface area contributed by atoms with Crippen LogP contribution >= 0.6 is 0 Å². The first-order valence-electron chi connectivity index (χ1n) is 21.7. The molecule has 1 heterocycles. The third kappa shape index (κ3) is 6.94. The minimum Gasteiger partial charge on any atom is -0.310 e. The second-order valence-electron chi connectivity index (χ2n) is 16.9. The predicted octanol–water partition coefficient (Wildman–Crippen LogP) is 16.5. The summed E-state index contributed by atoms with van der Waals surface area (Å²) >= 11 is 0. The summed E-state index contributed by atoms with van der Waals surface area (Å²) in [6.07, 6.45) is 2.01. The van der Waals surface area contributed by atoms with Gasteiger partial charge in [0.25, 0.3) is 0 Å². The average molecular weight is 808 g/mol. The van der Waals surface area contributed by atoms with Crippen LogP contribution in [0, 0.1) is 0 Å². The molecule has 300 valence electrons. The zero-order valence-electron chi connectivity index (χ0n) is 35.4. The van der Waals surface area contributed by atoms with E-state index in [1.165, 1.54) is 55.3 Å². The average Bonchev–Trinajstić information content (AvgIpc) is 3.58. The van der Waals surface area contributed by atoms with Gasteiger partial charge in [-0.1, -0.05) is 178 Å². The molecule has 0 atom stereocenters. The molecule has 9 aromatic carbocycles. The summed E-state index contributed by atoms with van der Waals surface area (Å²) in [5.41, 5.74) is 17.5. The highest BCUT2D eigenvalue weighted by Crippen LogP contribution is 2.51. The Morgan fingerprint density at radius 2 is 0.873 bits per heavy atom. The normalized spacial score (nSPS) is 12.4. The summed E-state index contributed by atoms with van der Waals surface area (Å²) in [6, 6.07) is 82.9. The van der Waals surface area contributed by atoms with Gasteiger partial charge in [0.1, 0.15) is 5.82 Å². The van der Waals surface area contributed by atoms with E-state index in [-0.39, 0.29) is 5.41 Å². The minimum absolute atomic E-state index is 0.123. The Morgan fingerprint density at radius 1 is 0.349 bits per heavy atom. The number of nitrogens with zero attached hydrogens (tertiary/aromatic N) is 3. The fraction of sp³-hybridized carbons (Fsp3) is 0.0500. The van der Waals surface area contributed by atoms with E-state index in [0.29, 0.717) is 0 Å². The third-order valence-corrected chi connectivity index (χ3v) is 12.7. The van der Waals surface area contributed by atoms with Gasteiger partial charge in [0.05, 0.1) is 5.69 Å². The van der Waals surface area contributed by atoms with Crippen molar-refractivity contribution in [2.75, 3.05) is 9.80 Å². The lowest BCUT2D eigenvalue weighted by Gasteiger charge is -2.28. The molecule has 1 aliphatic carbocycles. The summed E-state index contributed by atoms with van der Waals surface area (Å²) in [4.78, 5) is 9.88. The van der Waals surface area contributed by atoms with Crippen molar-refractivity contribution in [3.8, 4) is 44.5 Å². The van der Waals surface area contributed by atoms with Crippen LogP contribution in [0.2, 0.25) is 0 Å². The van der Waals surface area contributed by atoms with Crippen molar-refractivity contribution in [1.82, 2.24) is 4.98 Å². The summed E-state index contributed by atoms with van der Waals surface area (Å²) in [7, 11) is 0. The van der Waals surface area contributed by atoms with Gasteiger partial charge < -0.3 is 4.90 Å². The molecule has 0 saturated carbocycles. The number of aromatic nitrogens is 1. The molecule has 1 aliphatic rings. The molecule has 0 spiro atoms. The van der Waals surface area contributed by atoms with Gasteiger partial charge in [-0.15, -0.1) is 0 Å². The van der Waals surface area contributed by atoms with E-state index in [9.17, 15) is 0 Å². The highest BCUT2D eigenvalue weighted by Gasteiger charge is 2.36. The molecular weight excluding hydrogens is 763 g/mol. The molecule has 0 amide bonds. The van der Waals surface area contributed by atoms with E-state index in [4.69, 9.17) is 4.98 Å². The van der Waals surface area contributed by atoms with Crippen LogP contribution in [0.1, 0.15) is 25.0 Å². The van der Waals surface area contributed by atoms with E-state index in [2.05, 4.69) is 254 Å². The molecule has 0 bridgehead atoms. The molecule has 3 nitrogen and oxygen atoms in total. The van der Waals surface area contributed by atoms with Crippen molar-refractivity contribution >= 4 is 45.0 Å². The van der Waals surface area contributed by atoms with Crippen LogP contribution in [0.15, 0.2) is 237 Å². The number of hydrogen-bond donors (Lipinski definition) is 0. The van der Waals surface area contributed by atoms with Crippen molar-refractivity contribution < 1.29 is 0 Å². The van der Waals surface area contributed by atoms with Crippen LogP contribution in [0.4, 0.5) is 34.3 Å². The Kier molecular flexibility index (Phi) is 9.51. The lowest BCUT2D eigenvalue weighted by atomic mass is 9.82. The van der Waals surface area contributed by atoms with E-state index < -0.39 is 0 Å². The maximum absolute atomic E-state index is 5.22. The second kappa shape index (κ2) is 15.8. The lowest BCUT2D eigenvalue weighted by molar-refractivity contribution is 0.660. The maximum Gasteiger partial charge on any atom is 0.137 e. The number of rotatable bonds is 9. The first kappa shape index (κ1) is 38.0. The lowest BCUT2D eigenvalue weighted by Crippen LogP contribution is -2.17. The van der Waals surface area contributed by atoms with Gasteiger partial charge in [0.2, 0.25) is 0 Å². The number of benzene rings is 9. The Bertz CT molecular complexity index is 3220. The van der Waals surface area contributed by atoms with Gasteiger partial charge in [0.15, 0.2) is 0 Å². The van der Waals surface area contributed by atoms with E-state index >= 15 is 0 Å². The van der Waals surface area contributed by atoms with E-state index in [0.717, 1.165) is 45.4 Å². The van der Waals surface area contributed by atoms with Gasteiger partial charge in [-0.25, -0.2) is 4.98 Å². The standard InChI is InChI=1S/C60H45N3/c1-60(2)56-25-12-11-24-54(56)55-37-36-52(40-57(55)60)63(58-26-14-20-46-19-9-10-23-53(46)58)59-38-31-48(41-61-59)45-29-34-50(35-30-45)62(49-32-27-44(28-33-49)42-15-5-3-6-16-42)51-22-13-21-47(39-51)43-17-7-4-8-18-43/h3-41H,1-2H3. The zero-order valence-corrected chi connectivity index (χ0v) is 35.4. The fourth-order valence-electron chi connectivity index (χ4n) is 9.46. The fourth-order valence-corrected chi connectivity index (χ4v) is 9.46. The summed E-state index contributed by atoms with van der Waals surface area (Å²) in [6.45, 7) is 4.68. The van der Waals surface area contributed by atoms with Gasteiger partial charge in [0, 0.05) is 45.3 Å². The number of fused-ring (bicyclic) bond motifs is 4. The third-order valence-electron chi connectivity index (χ3n) is 12.7. The number of hydrogen-bond acceptors (Lipinski definition) is 3. The van der Waals surface area contributed by atoms with Crippen LogP contribution in [0.5, 0.6) is 0 Å². The molecule has 0 aliphatic heterocycles. The largest absolute Gasteiger partial charge is 0.310 e. The van der Waals surface area contributed by atoms with Gasteiger partial charge in [-0.05, 0) is 122 Å². The second-order valence-corrected chi connectivity index (χ2v) is 16.9. The first-order valence-corrected chi connectivity index (χ1v) is 21.7. The molecule has 0 N–H and O–H groups in total. The number of pyridine rings is 1. The molecule has 3 heteroatoms. The SMILES string of the molecule is CC1(C)c2ccccc2-c2ccc(N(c3ccc(-c4ccc(N(c5ccc(-c6ccccc6)cc5)c5cccc(-c6ccccc6)c5)cc4)cn3)c3cccc4ccccc34)cc21. The van der Waals surface area contributed by atoms with Crippen LogP contribution in [0.3, 0.4) is 0 Å². The smallest absolute Gasteiger partial charge is 0.137 e. The molecule has 0 saturated heterocycles. The van der Waals surface area contributed by atoms with Crippen LogP contribution in [-0.4, -0.2) is 4.98 Å². The molecule has 11 rings (SSSR count). The monoisotopic (exact) mass is 807 g/mol. The Labute approximate surface area is 369 Å². The molecule has 63 heavy (non-hydrogen) atoms. The van der Waals surface area contributed by atoms with Crippen molar-refractivity contribution in [2.24, 2.45) is 0 Å². The predicted molar refractivity (Wildman–Crippen MR) is 265 cm³/mol. The highest BCUT2D eigenvalue weighted by molar-refractivity contribution is 5.99. The molecular formula is C60H45N3. The zero-order chi connectivity index (χ0) is 42.3. The van der Waals surface area contributed by atoms with Crippen molar-refractivity contribution in [1.29, 1.82) is 0 Å². The summed E-state index contributed by atoms with van der Waals surface area (Å²) < 4.78 is 0. The van der Waals surface area contributed by atoms with Gasteiger partial charge in [-0.3, -0.25) is 4.90 Å². The van der Waals surface area contributed by atoms with Crippen molar-refractivity contribution in [3.05, 3.63) is 248 Å². The Hall–Kier alpha value is -8.01. The van der Waals surface area contributed by atoms with Crippen molar-refractivity contribution in [2.45, 2.75) is 19.3 Å². The maximum atomic E-state index is 5.22. The topological polar surface area (TPSA) is 19.4 Å². The van der Waals surface area contributed by atoms with Crippen LogP contribution in [0.25, 0.3) is 55.3 Å². The minimum atomic E-state index is -0.123. The van der Waals surface area contributed by atoms with Crippen molar-refractivity contribution in [3.63, 3.8) is 0 Å². The first-order chi connectivity index (χ1) is 31.0. The van der Waals surface area contributed by atoms with Crippen LogP contribution < -0.4 is 9.80 Å². The van der Waals surface area contributed by atoms with Gasteiger partial charge in [-0.2, -0.15) is 0 Å². The summed E-state index contributed by atoms with van der Waals surface area (Å²) in [5.74, 6) is 0.864. The molecule has 1 aromatic heterocycles. The summed E-state index contributed by atoms with van der Waals surface area (Å²) in [5, 5.41) is 2.37. The Balaban J connectivity index is 0.957. The highest BCUT2D eigenvalue weighted by atomic mass is 15.2. The number of anilines is 6. The molecule has 0 unspecified atom stereocenters. The van der Waals surface area contributed by atoms with E-state index in [1.54, 1.807) is 0 Å². The van der Waals surface area contributed by atoms with Crippen LogP contribution in [-0.2, 0) is 5.41 Å².